The third kappa shape index (κ3) is 3.24. The molecule has 3 rings (SSSR count). The van der Waals surface area contributed by atoms with Crippen molar-refractivity contribution in [1.82, 2.24) is 4.90 Å². The lowest BCUT2D eigenvalue weighted by Crippen LogP contribution is -2.57. The molecule has 1 saturated heterocycles. The zero-order chi connectivity index (χ0) is 18.1. The Morgan fingerprint density at radius 2 is 1.92 bits per heavy atom. The number of carbonyl (C=O) groups is 2. The number of nitrogens with zero attached hydrogens (tertiary/aromatic N) is 2. The number of piperazine rings is 1. The van der Waals surface area contributed by atoms with Crippen molar-refractivity contribution in [2.45, 2.75) is 19.9 Å². The van der Waals surface area contributed by atoms with E-state index in [1.807, 2.05) is 0 Å². The van der Waals surface area contributed by atoms with E-state index in [4.69, 9.17) is 11.6 Å². The second-order valence-electron chi connectivity index (χ2n) is 6.08. The average Bonchev–Trinajstić information content (AvgIpc) is 2.60. The Morgan fingerprint density at radius 3 is 2.60 bits per heavy atom. The monoisotopic (exact) mass is 360 g/mol. The number of halogens is 2. The number of benzene rings is 2. The molecule has 0 unspecified atom stereocenters. The molecule has 0 aliphatic carbocycles. The predicted molar refractivity (Wildman–Crippen MR) is 95.4 cm³/mol. The van der Waals surface area contributed by atoms with Crippen LogP contribution in [0.25, 0.3) is 0 Å². The first-order valence-electron chi connectivity index (χ1n) is 8.03. The van der Waals surface area contributed by atoms with Gasteiger partial charge in [-0.05, 0) is 43.7 Å². The van der Waals surface area contributed by atoms with Gasteiger partial charge < -0.3 is 9.80 Å². The second kappa shape index (κ2) is 6.84. The summed E-state index contributed by atoms with van der Waals surface area (Å²) in [5.74, 6) is -0.872. The lowest BCUT2D eigenvalue weighted by atomic mass is 10.1. The molecule has 0 saturated carbocycles. The number of rotatable bonds is 2. The molecule has 4 nitrogen and oxygen atoms in total. The van der Waals surface area contributed by atoms with Crippen LogP contribution in [0.4, 0.5) is 10.1 Å². The fourth-order valence-corrected chi connectivity index (χ4v) is 3.16. The van der Waals surface area contributed by atoms with E-state index in [2.05, 4.69) is 0 Å². The first-order valence-corrected chi connectivity index (χ1v) is 8.41. The number of hydrogen-bond acceptors (Lipinski definition) is 2. The molecule has 0 spiro atoms. The fourth-order valence-electron chi connectivity index (χ4n) is 2.94. The number of anilines is 1. The lowest BCUT2D eigenvalue weighted by molar-refractivity contribution is -0.124. The van der Waals surface area contributed by atoms with E-state index >= 15 is 0 Å². The molecule has 0 bridgehead atoms. The molecule has 0 radical (unpaired) electrons. The van der Waals surface area contributed by atoms with Gasteiger partial charge in [-0.1, -0.05) is 29.8 Å². The standard InChI is InChI=1S/C19H18ClFN2O2/c1-12-7-8-14(11-17(12)21)23-10-9-22(13(2)18(23)24)19(25)15-5-3-4-6-16(15)20/h3-8,11,13H,9-10H2,1-2H3/t13-/m1/s1. The number of carbonyl (C=O) groups excluding carboxylic acids is 2. The van der Waals surface area contributed by atoms with Gasteiger partial charge in [-0.15, -0.1) is 0 Å². The van der Waals surface area contributed by atoms with Crippen molar-refractivity contribution in [3.8, 4) is 0 Å². The highest BCUT2D eigenvalue weighted by molar-refractivity contribution is 6.33. The molecule has 0 N–H and O–H groups in total. The number of amides is 2. The summed E-state index contributed by atoms with van der Waals surface area (Å²) in [6, 6.07) is 10.8. The zero-order valence-corrected chi connectivity index (χ0v) is 14.8. The minimum atomic E-state index is -0.651. The predicted octanol–water partition coefficient (Wildman–Crippen LogP) is 3.67. The molecule has 1 heterocycles. The molecule has 1 atom stereocenters. The Labute approximate surface area is 150 Å². The van der Waals surface area contributed by atoms with Gasteiger partial charge >= 0.3 is 0 Å². The van der Waals surface area contributed by atoms with Crippen LogP contribution in [-0.4, -0.2) is 35.8 Å². The number of aryl methyl sites for hydroxylation is 1. The molecule has 25 heavy (non-hydrogen) atoms. The lowest BCUT2D eigenvalue weighted by Gasteiger charge is -2.39. The van der Waals surface area contributed by atoms with Crippen LogP contribution in [0.5, 0.6) is 0 Å². The van der Waals surface area contributed by atoms with Gasteiger partial charge in [0.25, 0.3) is 5.91 Å². The van der Waals surface area contributed by atoms with Crippen molar-refractivity contribution >= 4 is 29.1 Å². The molecule has 2 aromatic carbocycles. The summed E-state index contributed by atoms with van der Waals surface area (Å²) in [6.45, 7) is 4.01. The molecule has 2 aromatic rings. The molecule has 1 aliphatic heterocycles. The van der Waals surface area contributed by atoms with Gasteiger partial charge in [0.05, 0.1) is 10.6 Å². The zero-order valence-electron chi connectivity index (χ0n) is 14.0. The van der Waals surface area contributed by atoms with Gasteiger partial charge in [-0.3, -0.25) is 9.59 Å². The van der Waals surface area contributed by atoms with E-state index in [1.54, 1.807) is 50.2 Å². The molecule has 130 valence electrons. The van der Waals surface area contributed by atoms with Crippen LogP contribution in [0, 0.1) is 12.7 Å². The van der Waals surface area contributed by atoms with Crippen LogP contribution >= 0.6 is 11.6 Å². The Hall–Kier alpha value is -2.40. The Balaban J connectivity index is 1.83. The van der Waals surface area contributed by atoms with Crippen LogP contribution < -0.4 is 4.90 Å². The molecular weight excluding hydrogens is 343 g/mol. The molecule has 6 heteroatoms. The SMILES string of the molecule is Cc1ccc(N2CCN(C(=O)c3ccccc3Cl)[C@H](C)C2=O)cc1F. The van der Waals surface area contributed by atoms with E-state index in [-0.39, 0.29) is 17.6 Å². The summed E-state index contributed by atoms with van der Waals surface area (Å²) in [5.41, 5.74) is 1.40. The van der Waals surface area contributed by atoms with Gasteiger partial charge in [0.1, 0.15) is 11.9 Å². The van der Waals surface area contributed by atoms with E-state index in [0.29, 0.717) is 34.9 Å². The quantitative estimate of drug-likeness (QED) is 0.820. The third-order valence-electron chi connectivity index (χ3n) is 4.49. The summed E-state index contributed by atoms with van der Waals surface area (Å²) in [5, 5.41) is 0.357. The van der Waals surface area contributed by atoms with E-state index in [1.165, 1.54) is 15.9 Å². The maximum absolute atomic E-state index is 13.8. The maximum Gasteiger partial charge on any atom is 0.256 e. The largest absolute Gasteiger partial charge is 0.325 e. The normalized spacial score (nSPS) is 17.8. The molecule has 2 amide bonds. The van der Waals surface area contributed by atoms with Crippen molar-refractivity contribution < 1.29 is 14.0 Å². The highest BCUT2D eigenvalue weighted by Gasteiger charge is 2.36. The highest BCUT2D eigenvalue weighted by atomic mass is 35.5. The van der Waals surface area contributed by atoms with Crippen LogP contribution in [0.15, 0.2) is 42.5 Å². The number of hydrogen-bond donors (Lipinski definition) is 0. The third-order valence-corrected chi connectivity index (χ3v) is 4.82. The first-order chi connectivity index (χ1) is 11.9. The van der Waals surface area contributed by atoms with Gasteiger partial charge in [-0.25, -0.2) is 4.39 Å². The van der Waals surface area contributed by atoms with Gasteiger partial charge in [0, 0.05) is 18.8 Å². The van der Waals surface area contributed by atoms with Crippen molar-refractivity contribution in [2.24, 2.45) is 0 Å². The van der Waals surface area contributed by atoms with Crippen molar-refractivity contribution in [1.29, 1.82) is 0 Å². The van der Waals surface area contributed by atoms with E-state index in [9.17, 15) is 14.0 Å². The van der Waals surface area contributed by atoms with Gasteiger partial charge in [0.15, 0.2) is 0 Å². The topological polar surface area (TPSA) is 40.6 Å². The minimum absolute atomic E-state index is 0.241. The summed E-state index contributed by atoms with van der Waals surface area (Å²) >= 11 is 6.09. The van der Waals surface area contributed by atoms with Crippen molar-refractivity contribution in [3.63, 3.8) is 0 Å². The van der Waals surface area contributed by atoms with Crippen LogP contribution in [0.3, 0.4) is 0 Å². The van der Waals surface area contributed by atoms with Crippen molar-refractivity contribution in [3.05, 3.63) is 64.4 Å². The highest BCUT2D eigenvalue weighted by Crippen LogP contribution is 2.25. The average molecular weight is 361 g/mol. The molecule has 1 aliphatic rings. The van der Waals surface area contributed by atoms with E-state index < -0.39 is 6.04 Å². The van der Waals surface area contributed by atoms with Crippen LogP contribution in [-0.2, 0) is 4.79 Å². The Bertz CT molecular complexity index is 840. The van der Waals surface area contributed by atoms with Crippen LogP contribution in [0.1, 0.15) is 22.8 Å². The fraction of sp³-hybridized carbons (Fsp3) is 0.263. The Kier molecular flexibility index (Phi) is 4.77. The van der Waals surface area contributed by atoms with E-state index in [0.717, 1.165) is 0 Å². The summed E-state index contributed by atoms with van der Waals surface area (Å²) in [7, 11) is 0. The minimum Gasteiger partial charge on any atom is -0.325 e. The molecular formula is C19H18ClFN2O2. The molecule has 0 aromatic heterocycles. The van der Waals surface area contributed by atoms with Crippen LogP contribution in [0.2, 0.25) is 5.02 Å². The molecule has 1 fully saturated rings. The maximum atomic E-state index is 13.8. The summed E-state index contributed by atoms with van der Waals surface area (Å²) < 4.78 is 13.8. The van der Waals surface area contributed by atoms with Gasteiger partial charge in [-0.2, -0.15) is 0 Å². The smallest absolute Gasteiger partial charge is 0.256 e. The second-order valence-corrected chi connectivity index (χ2v) is 6.48. The summed E-state index contributed by atoms with van der Waals surface area (Å²) in [6.07, 6.45) is 0. The van der Waals surface area contributed by atoms with Crippen molar-refractivity contribution in [2.75, 3.05) is 18.0 Å². The Morgan fingerprint density at radius 1 is 1.20 bits per heavy atom. The van der Waals surface area contributed by atoms with Gasteiger partial charge in [0.2, 0.25) is 5.91 Å². The summed E-state index contributed by atoms with van der Waals surface area (Å²) in [4.78, 5) is 28.5. The first kappa shape index (κ1) is 17.4.